The van der Waals surface area contributed by atoms with E-state index in [4.69, 9.17) is 0 Å². The molecule has 2 atom stereocenters. The number of aromatic nitrogens is 1. The van der Waals surface area contributed by atoms with Crippen LogP contribution in [0.5, 0.6) is 0 Å². The summed E-state index contributed by atoms with van der Waals surface area (Å²) in [5.74, 6) is 0.859. The van der Waals surface area contributed by atoms with Crippen molar-refractivity contribution in [3.63, 3.8) is 0 Å². The average Bonchev–Trinajstić information content (AvgIpc) is 2.95. The van der Waals surface area contributed by atoms with Crippen LogP contribution in [0, 0.1) is 5.92 Å². The third-order valence-electron chi connectivity index (χ3n) is 5.52. The maximum absolute atomic E-state index is 12.3. The Bertz CT molecular complexity index is 688. The fourth-order valence-electron chi connectivity index (χ4n) is 4.03. The molecule has 130 valence electrons. The summed E-state index contributed by atoms with van der Waals surface area (Å²) in [4.78, 5) is 12.3. The molecule has 0 saturated heterocycles. The lowest BCUT2D eigenvalue weighted by atomic mass is 9.86. The number of hydrogen-bond acceptors (Lipinski definition) is 1. The zero-order chi connectivity index (χ0) is 16.9. The van der Waals surface area contributed by atoms with Gasteiger partial charge in [-0.15, -0.1) is 0 Å². The molecule has 1 N–H and O–H groups in total. The van der Waals surface area contributed by atoms with Gasteiger partial charge in [0.15, 0.2) is 0 Å². The normalized spacial score (nSPS) is 21.1. The molecule has 1 aliphatic carbocycles. The minimum atomic E-state index is 0.230. The van der Waals surface area contributed by atoms with Gasteiger partial charge >= 0.3 is 0 Å². The minimum Gasteiger partial charge on any atom is -0.353 e. The number of nitrogens with one attached hydrogen (secondary N) is 1. The van der Waals surface area contributed by atoms with Gasteiger partial charge in [0.1, 0.15) is 0 Å². The van der Waals surface area contributed by atoms with E-state index < -0.39 is 0 Å². The Morgan fingerprint density at radius 2 is 2.04 bits per heavy atom. The van der Waals surface area contributed by atoms with Crippen LogP contribution in [0.1, 0.15) is 57.9 Å². The first-order valence-electron chi connectivity index (χ1n) is 9.55. The van der Waals surface area contributed by atoms with Gasteiger partial charge in [-0.2, -0.15) is 0 Å². The number of amides is 1. The Kier molecular flexibility index (Phi) is 5.60. The van der Waals surface area contributed by atoms with Crippen LogP contribution in [-0.2, 0) is 17.8 Å². The number of carbonyl (C=O) groups is 1. The molecule has 1 amide bonds. The minimum absolute atomic E-state index is 0.230. The number of rotatable bonds is 6. The monoisotopic (exact) mass is 326 g/mol. The van der Waals surface area contributed by atoms with Crippen molar-refractivity contribution in [3.05, 3.63) is 36.0 Å². The predicted octanol–water partition coefficient (Wildman–Crippen LogP) is 4.68. The van der Waals surface area contributed by atoms with Gasteiger partial charge < -0.3 is 9.88 Å². The third-order valence-corrected chi connectivity index (χ3v) is 5.52. The van der Waals surface area contributed by atoms with Crippen molar-refractivity contribution >= 4 is 16.8 Å². The van der Waals surface area contributed by atoms with Crippen LogP contribution < -0.4 is 5.32 Å². The lowest BCUT2D eigenvalue weighted by molar-refractivity contribution is -0.122. The molecule has 1 fully saturated rings. The van der Waals surface area contributed by atoms with Crippen LogP contribution in [0.2, 0.25) is 0 Å². The summed E-state index contributed by atoms with van der Waals surface area (Å²) < 4.78 is 2.30. The number of hydrogen-bond donors (Lipinski definition) is 1. The van der Waals surface area contributed by atoms with Crippen LogP contribution in [0.3, 0.4) is 0 Å². The van der Waals surface area contributed by atoms with Crippen molar-refractivity contribution in [1.82, 2.24) is 9.88 Å². The molecule has 0 unspecified atom stereocenters. The molecule has 3 rings (SSSR count). The molecule has 24 heavy (non-hydrogen) atoms. The smallest absolute Gasteiger partial charge is 0.220 e. The molecule has 1 heterocycles. The zero-order valence-electron chi connectivity index (χ0n) is 15.1. The summed E-state index contributed by atoms with van der Waals surface area (Å²) in [5.41, 5.74) is 2.67. The van der Waals surface area contributed by atoms with Gasteiger partial charge in [-0.1, -0.05) is 38.0 Å². The number of fused-ring (bicyclic) bond motifs is 1. The van der Waals surface area contributed by atoms with Crippen molar-refractivity contribution in [2.75, 3.05) is 0 Å². The van der Waals surface area contributed by atoms with Crippen molar-refractivity contribution in [2.24, 2.45) is 5.92 Å². The topological polar surface area (TPSA) is 34.0 Å². The Labute approximate surface area is 145 Å². The largest absolute Gasteiger partial charge is 0.353 e. The van der Waals surface area contributed by atoms with Crippen molar-refractivity contribution < 1.29 is 4.79 Å². The maximum Gasteiger partial charge on any atom is 0.220 e. The second-order valence-electron chi connectivity index (χ2n) is 7.25. The number of carbonyl (C=O) groups excluding carboxylic acids is 1. The van der Waals surface area contributed by atoms with E-state index in [9.17, 15) is 4.79 Å². The highest BCUT2D eigenvalue weighted by molar-refractivity contribution is 5.84. The fraction of sp³-hybridized carbons (Fsp3) is 0.571. The van der Waals surface area contributed by atoms with Crippen LogP contribution >= 0.6 is 0 Å². The lowest BCUT2D eigenvalue weighted by Crippen LogP contribution is -2.40. The first-order valence-corrected chi connectivity index (χ1v) is 9.55. The Balaban J connectivity index is 1.54. The van der Waals surface area contributed by atoms with Crippen LogP contribution in [-0.4, -0.2) is 16.5 Å². The molecule has 1 saturated carbocycles. The number of aryl methyl sites for hydroxylation is 2. The lowest BCUT2D eigenvalue weighted by Gasteiger charge is -2.29. The number of nitrogens with zero attached hydrogens (tertiary/aromatic N) is 1. The van der Waals surface area contributed by atoms with Crippen LogP contribution in [0.4, 0.5) is 0 Å². The van der Waals surface area contributed by atoms with Gasteiger partial charge in [-0.05, 0) is 50.2 Å². The second-order valence-corrected chi connectivity index (χ2v) is 7.25. The van der Waals surface area contributed by atoms with Crippen LogP contribution in [0.25, 0.3) is 10.9 Å². The van der Waals surface area contributed by atoms with Crippen LogP contribution in [0.15, 0.2) is 30.5 Å². The molecule has 1 aromatic heterocycles. The average molecular weight is 326 g/mol. The molecule has 3 nitrogen and oxygen atoms in total. The first-order chi connectivity index (χ1) is 11.7. The summed E-state index contributed by atoms with van der Waals surface area (Å²) in [7, 11) is 0. The molecule has 0 bridgehead atoms. The highest BCUT2D eigenvalue weighted by Gasteiger charge is 2.22. The number of para-hydroxylation sites is 1. The highest BCUT2D eigenvalue weighted by Crippen LogP contribution is 2.25. The van der Waals surface area contributed by atoms with E-state index in [0.717, 1.165) is 25.8 Å². The van der Waals surface area contributed by atoms with E-state index in [1.807, 2.05) is 0 Å². The molecule has 2 aromatic rings. The molecule has 0 spiro atoms. The molecule has 3 heteroatoms. The standard InChI is InChI=1S/C21H30N2O/c1-3-23-15-17(18-11-5-7-13-20(18)23)10-8-14-21(24)22-19-12-6-4-9-16(19)2/h5,7,11,13,15-16,19H,3-4,6,8-10,12,14H2,1-2H3,(H,22,24)/t16-,19-/m0/s1. The quantitative estimate of drug-likeness (QED) is 0.822. The number of benzene rings is 1. The van der Waals surface area contributed by atoms with Gasteiger partial charge in [-0.3, -0.25) is 4.79 Å². The van der Waals surface area contributed by atoms with E-state index in [-0.39, 0.29) is 5.91 Å². The van der Waals surface area contributed by atoms with E-state index in [0.29, 0.717) is 18.4 Å². The fourth-order valence-corrected chi connectivity index (χ4v) is 4.03. The van der Waals surface area contributed by atoms with Crippen molar-refractivity contribution in [3.8, 4) is 0 Å². The first kappa shape index (κ1) is 17.1. The van der Waals surface area contributed by atoms with E-state index >= 15 is 0 Å². The summed E-state index contributed by atoms with van der Waals surface area (Å²) in [6.45, 7) is 5.43. The Morgan fingerprint density at radius 1 is 1.25 bits per heavy atom. The van der Waals surface area contributed by atoms with E-state index in [2.05, 4.69) is 54.2 Å². The molecule has 0 radical (unpaired) electrons. The Hall–Kier alpha value is -1.77. The van der Waals surface area contributed by atoms with Gasteiger partial charge in [0.25, 0.3) is 0 Å². The van der Waals surface area contributed by atoms with Gasteiger partial charge in [0, 0.05) is 36.1 Å². The van der Waals surface area contributed by atoms with E-state index in [1.54, 1.807) is 0 Å². The third kappa shape index (κ3) is 3.82. The Morgan fingerprint density at radius 3 is 2.83 bits per heavy atom. The summed E-state index contributed by atoms with van der Waals surface area (Å²) >= 11 is 0. The van der Waals surface area contributed by atoms with Crippen molar-refractivity contribution in [2.45, 2.75) is 71.4 Å². The summed E-state index contributed by atoms with van der Waals surface area (Å²) in [6.07, 6.45) is 9.76. The molecular weight excluding hydrogens is 296 g/mol. The molecule has 1 aliphatic rings. The summed E-state index contributed by atoms with van der Waals surface area (Å²) in [5, 5.41) is 4.60. The summed E-state index contributed by atoms with van der Waals surface area (Å²) in [6, 6.07) is 8.97. The predicted molar refractivity (Wildman–Crippen MR) is 100 cm³/mol. The second kappa shape index (κ2) is 7.87. The SMILES string of the molecule is CCn1cc(CCCC(=O)N[C@H]2CCCC[C@@H]2C)c2ccccc21. The van der Waals surface area contributed by atoms with E-state index in [1.165, 1.54) is 35.7 Å². The maximum atomic E-state index is 12.3. The van der Waals surface area contributed by atoms with Gasteiger partial charge in [0.2, 0.25) is 5.91 Å². The zero-order valence-corrected chi connectivity index (χ0v) is 15.1. The van der Waals surface area contributed by atoms with Crippen molar-refractivity contribution in [1.29, 1.82) is 0 Å². The molecule has 1 aromatic carbocycles. The highest BCUT2D eigenvalue weighted by atomic mass is 16.1. The molecular formula is C21H30N2O. The van der Waals surface area contributed by atoms with Gasteiger partial charge in [-0.25, -0.2) is 0 Å². The molecule has 0 aliphatic heterocycles. The van der Waals surface area contributed by atoms with Gasteiger partial charge in [0.05, 0.1) is 0 Å².